The number of nitrogens with zero attached hydrogens (tertiary/aromatic N) is 2. The molecule has 0 bridgehead atoms. The first-order valence-corrected chi connectivity index (χ1v) is 8.59. The molecular weight excluding hydrogens is 321 g/mol. The Hall–Kier alpha value is -0.970. The molecule has 2 fully saturated rings. The van der Waals surface area contributed by atoms with E-state index in [0.717, 1.165) is 62.6 Å². The van der Waals surface area contributed by atoms with Crippen LogP contribution in [0.5, 0.6) is 0 Å². The third-order valence-electron chi connectivity index (χ3n) is 4.28. The fraction of sp³-hybridized carbons (Fsp3) is 0.562. The predicted molar refractivity (Wildman–Crippen MR) is 89.7 cm³/mol. The highest BCUT2D eigenvalue weighted by Gasteiger charge is 2.27. The van der Waals surface area contributed by atoms with E-state index in [9.17, 15) is 4.79 Å². The summed E-state index contributed by atoms with van der Waals surface area (Å²) in [5.41, 5.74) is 1.12. The number of carbonyl (C=O) groups is 1. The maximum Gasteiger partial charge on any atom is 0.317 e. The van der Waals surface area contributed by atoms with Gasteiger partial charge in [0.15, 0.2) is 0 Å². The molecule has 22 heavy (non-hydrogen) atoms. The number of piperazine rings is 1. The molecule has 0 radical (unpaired) electrons. The van der Waals surface area contributed by atoms with Crippen LogP contribution in [0, 0.1) is 0 Å². The Kier molecular flexibility index (Phi) is 5.11. The second kappa shape index (κ2) is 7.07. The van der Waals surface area contributed by atoms with Crippen LogP contribution in [0.15, 0.2) is 18.2 Å². The highest BCUT2D eigenvalue weighted by atomic mass is 35.5. The van der Waals surface area contributed by atoms with Gasteiger partial charge >= 0.3 is 6.03 Å². The van der Waals surface area contributed by atoms with Crippen molar-refractivity contribution in [3.05, 3.63) is 33.8 Å². The summed E-state index contributed by atoms with van der Waals surface area (Å²) in [6, 6.07) is 6.19. The average molecular weight is 342 g/mol. The van der Waals surface area contributed by atoms with E-state index in [4.69, 9.17) is 23.2 Å². The minimum atomic E-state index is 0.0999. The van der Waals surface area contributed by atoms with Crippen molar-refractivity contribution >= 4 is 29.2 Å². The molecule has 1 N–H and O–H groups in total. The van der Waals surface area contributed by atoms with Crippen molar-refractivity contribution in [1.82, 2.24) is 15.1 Å². The predicted octanol–water partition coefficient (Wildman–Crippen LogP) is 3.03. The van der Waals surface area contributed by atoms with Gasteiger partial charge in [-0.05, 0) is 37.0 Å². The van der Waals surface area contributed by atoms with E-state index >= 15 is 0 Å². The van der Waals surface area contributed by atoms with E-state index < -0.39 is 0 Å². The van der Waals surface area contributed by atoms with Gasteiger partial charge in [-0.1, -0.05) is 29.3 Å². The van der Waals surface area contributed by atoms with Crippen molar-refractivity contribution in [3.63, 3.8) is 0 Å². The number of hydrogen-bond acceptors (Lipinski definition) is 2. The molecule has 0 atom stereocenters. The van der Waals surface area contributed by atoms with Crippen molar-refractivity contribution in [2.75, 3.05) is 32.7 Å². The smallest absolute Gasteiger partial charge is 0.317 e. The molecule has 1 aliphatic heterocycles. The molecule has 3 rings (SSSR count). The standard InChI is InChI=1S/C16H21Cl2N3O/c17-13-2-1-12(15(18)11-13)5-6-20-7-9-21(10-8-20)16(22)19-14-3-4-14/h1-2,11,14H,3-10H2,(H,19,22). The van der Waals surface area contributed by atoms with E-state index in [-0.39, 0.29) is 6.03 Å². The zero-order chi connectivity index (χ0) is 15.5. The average Bonchev–Trinajstić information content (AvgIpc) is 3.31. The molecule has 4 nitrogen and oxygen atoms in total. The minimum Gasteiger partial charge on any atom is -0.335 e. The summed E-state index contributed by atoms with van der Waals surface area (Å²) in [6.45, 7) is 4.39. The molecule has 120 valence electrons. The molecule has 6 heteroatoms. The highest BCUT2D eigenvalue weighted by molar-refractivity contribution is 6.35. The van der Waals surface area contributed by atoms with Gasteiger partial charge in [-0.3, -0.25) is 4.90 Å². The van der Waals surface area contributed by atoms with Crippen LogP contribution in [-0.2, 0) is 6.42 Å². The van der Waals surface area contributed by atoms with Crippen LogP contribution in [-0.4, -0.2) is 54.6 Å². The van der Waals surface area contributed by atoms with Crippen LogP contribution in [0.25, 0.3) is 0 Å². The van der Waals surface area contributed by atoms with Crippen molar-refractivity contribution in [3.8, 4) is 0 Å². The van der Waals surface area contributed by atoms with Gasteiger partial charge in [0.25, 0.3) is 0 Å². The Bertz CT molecular complexity index is 540. The van der Waals surface area contributed by atoms with Gasteiger partial charge in [-0.2, -0.15) is 0 Å². The summed E-state index contributed by atoms with van der Waals surface area (Å²) >= 11 is 12.1. The fourth-order valence-corrected chi connectivity index (χ4v) is 3.17. The van der Waals surface area contributed by atoms with Gasteiger partial charge in [0.1, 0.15) is 0 Å². The number of hydrogen-bond donors (Lipinski definition) is 1. The molecule has 1 heterocycles. The monoisotopic (exact) mass is 341 g/mol. The quantitative estimate of drug-likeness (QED) is 0.913. The van der Waals surface area contributed by atoms with E-state index in [1.165, 1.54) is 0 Å². The van der Waals surface area contributed by atoms with Crippen LogP contribution in [0.2, 0.25) is 10.0 Å². The first-order valence-electron chi connectivity index (χ1n) is 7.83. The molecule has 1 saturated heterocycles. The van der Waals surface area contributed by atoms with Crippen LogP contribution in [0.3, 0.4) is 0 Å². The van der Waals surface area contributed by atoms with Gasteiger partial charge in [-0.15, -0.1) is 0 Å². The molecule has 2 amide bonds. The number of amides is 2. The number of halogens is 2. The van der Waals surface area contributed by atoms with E-state index in [0.29, 0.717) is 11.1 Å². The molecule has 1 aromatic rings. The molecule has 1 saturated carbocycles. The zero-order valence-corrected chi connectivity index (χ0v) is 14.0. The van der Waals surface area contributed by atoms with Gasteiger partial charge in [0.05, 0.1) is 0 Å². The van der Waals surface area contributed by atoms with Crippen LogP contribution in [0.1, 0.15) is 18.4 Å². The second-order valence-electron chi connectivity index (χ2n) is 6.04. The molecule has 0 unspecified atom stereocenters. The first-order chi connectivity index (χ1) is 10.6. The summed E-state index contributed by atoms with van der Waals surface area (Å²) in [7, 11) is 0. The maximum absolute atomic E-state index is 12.0. The molecule has 1 aromatic carbocycles. The van der Waals surface area contributed by atoms with E-state index in [1.54, 1.807) is 6.07 Å². The maximum atomic E-state index is 12.0. The minimum absolute atomic E-state index is 0.0999. The summed E-state index contributed by atoms with van der Waals surface area (Å²) < 4.78 is 0. The summed E-state index contributed by atoms with van der Waals surface area (Å²) in [5, 5.41) is 4.45. The van der Waals surface area contributed by atoms with Crippen molar-refractivity contribution in [1.29, 1.82) is 0 Å². The van der Waals surface area contributed by atoms with Gasteiger partial charge in [-0.25, -0.2) is 4.79 Å². The first kappa shape index (κ1) is 15.9. The Balaban J connectivity index is 1.42. The number of nitrogens with one attached hydrogen (secondary N) is 1. The van der Waals surface area contributed by atoms with Crippen molar-refractivity contribution in [2.24, 2.45) is 0 Å². The summed E-state index contributed by atoms with van der Waals surface area (Å²) in [4.78, 5) is 16.3. The highest BCUT2D eigenvalue weighted by Crippen LogP contribution is 2.22. The number of urea groups is 1. The number of carbonyl (C=O) groups excluding carboxylic acids is 1. The topological polar surface area (TPSA) is 35.6 Å². The second-order valence-corrected chi connectivity index (χ2v) is 6.88. The number of rotatable bonds is 4. The summed E-state index contributed by atoms with van der Waals surface area (Å²) in [5.74, 6) is 0. The van der Waals surface area contributed by atoms with Crippen LogP contribution < -0.4 is 5.32 Å². The van der Waals surface area contributed by atoms with E-state index in [1.807, 2.05) is 17.0 Å². The lowest BCUT2D eigenvalue weighted by Gasteiger charge is -2.34. The fourth-order valence-electron chi connectivity index (χ4n) is 2.67. The zero-order valence-electron chi connectivity index (χ0n) is 12.5. The lowest BCUT2D eigenvalue weighted by atomic mass is 10.1. The lowest BCUT2D eigenvalue weighted by molar-refractivity contribution is 0.140. The molecular formula is C16H21Cl2N3O. The van der Waals surface area contributed by atoms with Crippen LogP contribution >= 0.6 is 23.2 Å². The Labute approximate surface area is 141 Å². The van der Waals surface area contributed by atoms with Crippen molar-refractivity contribution < 1.29 is 4.79 Å². The van der Waals surface area contributed by atoms with E-state index in [2.05, 4.69) is 10.2 Å². The van der Waals surface area contributed by atoms with Gasteiger partial charge in [0.2, 0.25) is 0 Å². The normalized spacial score (nSPS) is 19.3. The van der Waals surface area contributed by atoms with Gasteiger partial charge < -0.3 is 10.2 Å². The van der Waals surface area contributed by atoms with Crippen molar-refractivity contribution in [2.45, 2.75) is 25.3 Å². The molecule has 2 aliphatic rings. The molecule has 1 aliphatic carbocycles. The third-order valence-corrected chi connectivity index (χ3v) is 4.86. The molecule has 0 spiro atoms. The SMILES string of the molecule is O=C(NC1CC1)N1CCN(CCc2ccc(Cl)cc2Cl)CC1. The summed E-state index contributed by atoms with van der Waals surface area (Å²) in [6.07, 6.45) is 3.17. The largest absolute Gasteiger partial charge is 0.335 e. The Morgan fingerprint density at radius 2 is 1.91 bits per heavy atom. The lowest BCUT2D eigenvalue weighted by Crippen LogP contribution is -2.52. The number of benzene rings is 1. The van der Waals surface area contributed by atoms with Crippen LogP contribution in [0.4, 0.5) is 4.79 Å². The van der Waals surface area contributed by atoms with Gasteiger partial charge in [0, 0.05) is 48.8 Å². The third kappa shape index (κ3) is 4.28. The Morgan fingerprint density at radius 1 is 1.18 bits per heavy atom. The molecule has 0 aromatic heterocycles. The Morgan fingerprint density at radius 3 is 2.55 bits per heavy atom.